The lowest BCUT2D eigenvalue weighted by Crippen LogP contribution is -2.31. The van der Waals surface area contributed by atoms with Gasteiger partial charge in [0.15, 0.2) is 0 Å². The summed E-state index contributed by atoms with van der Waals surface area (Å²) >= 11 is 0. The maximum atomic E-state index is 11.2. The van der Waals surface area contributed by atoms with Crippen LogP contribution in [0.2, 0.25) is 0 Å². The number of amides is 1. The first-order valence-electron chi connectivity index (χ1n) is 5.68. The maximum Gasteiger partial charge on any atom is 0.248 e. The number of nitrogens with zero attached hydrogens (tertiary/aromatic N) is 1. The number of ether oxygens (including phenoxy) is 2. The Hall–Kier alpha value is -1.75. The molecule has 1 N–H and O–H groups in total. The molecule has 0 fully saturated rings. The topological polar surface area (TPSA) is 59.0 Å². The molecule has 0 unspecified atom stereocenters. The summed E-state index contributed by atoms with van der Waals surface area (Å²) < 4.78 is 10.4. The Bertz CT molecular complexity index is 406. The lowest BCUT2D eigenvalue weighted by Gasteiger charge is -2.17. The molecule has 5 heteroatoms. The van der Waals surface area contributed by atoms with Crippen molar-refractivity contribution in [3.63, 3.8) is 0 Å². The van der Waals surface area contributed by atoms with Gasteiger partial charge in [0.25, 0.3) is 0 Å². The molecule has 0 saturated carbocycles. The molecule has 1 amide bonds. The molecule has 0 radical (unpaired) electrons. The highest BCUT2D eigenvalue weighted by Gasteiger charge is 2.09. The number of carbonyl (C=O) groups is 1. The fraction of sp³-hybridized carbons (Fsp3) is 0.462. The molecule has 0 aliphatic rings. The Labute approximate surface area is 107 Å². The largest absolute Gasteiger partial charge is 0.497 e. The number of rotatable bonds is 6. The Morgan fingerprint density at radius 2 is 2.06 bits per heavy atom. The van der Waals surface area contributed by atoms with E-state index >= 15 is 0 Å². The van der Waals surface area contributed by atoms with Gasteiger partial charge in [0.1, 0.15) is 18.1 Å². The lowest BCUT2D eigenvalue weighted by molar-refractivity contribution is -0.132. The van der Waals surface area contributed by atoms with E-state index in [-0.39, 0.29) is 5.91 Å². The first-order valence-corrected chi connectivity index (χ1v) is 5.68. The van der Waals surface area contributed by atoms with Gasteiger partial charge in [-0.1, -0.05) is 6.07 Å². The van der Waals surface area contributed by atoms with Crippen LogP contribution in [0.25, 0.3) is 0 Å². The summed E-state index contributed by atoms with van der Waals surface area (Å²) in [5.74, 6) is 1.18. The third-order valence-electron chi connectivity index (χ3n) is 2.77. The van der Waals surface area contributed by atoms with Crippen molar-refractivity contribution in [3.05, 3.63) is 23.8 Å². The van der Waals surface area contributed by atoms with E-state index < -0.39 is 6.61 Å². The molecular weight excluding hydrogens is 234 g/mol. The molecule has 100 valence electrons. The Morgan fingerprint density at radius 3 is 2.61 bits per heavy atom. The number of hydrogen-bond donors (Lipinski definition) is 1. The van der Waals surface area contributed by atoms with Crippen LogP contribution in [0.1, 0.15) is 5.56 Å². The summed E-state index contributed by atoms with van der Waals surface area (Å²) in [4.78, 5) is 12.7. The first-order chi connectivity index (χ1) is 8.62. The fourth-order valence-electron chi connectivity index (χ4n) is 1.59. The predicted octanol–water partition coefficient (Wildman–Crippen LogP) is 0.697. The molecule has 0 spiro atoms. The molecule has 0 atom stereocenters. The van der Waals surface area contributed by atoms with Gasteiger partial charge in [0, 0.05) is 19.7 Å². The highest BCUT2D eigenvalue weighted by atomic mass is 16.5. The minimum atomic E-state index is -0.462. The van der Waals surface area contributed by atoms with Crippen LogP contribution in [0.5, 0.6) is 11.5 Å². The number of aliphatic hydroxyl groups is 1. The summed E-state index contributed by atoms with van der Waals surface area (Å²) in [5, 5.41) is 8.74. The van der Waals surface area contributed by atoms with Gasteiger partial charge in [0.05, 0.1) is 14.2 Å². The summed E-state index contributed by atoms with van der Waals surface area (Å²) in [6.45, 7) is 0.0678. The SMILES string of the molecule is COc1ccc(CCN(C)C(=O)CO)c(OC)c1. The van der Waals surface area contributed by atoms with Crippen molar-refractivity contribution in [1.29, 1.82) is 0 Å². The molecule has 1 rings (SSSR count). The van der Waals surface area contributed by atoms with E-state index in [9.17, 15) is 4.79 Å². The van der Waals surface area contributed by atoms with Crippen molar-refractivity contribution in [1.82, 2.24) is 4.90 Å². The molecular formula is C13H19NO4. The van der Waals surface area contributed by atoms with Crippen molar-refractivity contribution < 1.29 is 19.4 Å². The van der Waals surface area contributed by atoms with Gasteiger partial charge in [-0.05, 0) is 18.1 Å². The molecule has 0 heterocycles. The number of aliphatic hydroxyl groups excluding tert-OH is 1. The Kier molecular flexibility index (Phi) is 5.45. The monoisotopic (exact) mass is 253 g/mol. The van der Waals surface area contributed by atoms with Crippen LogP contribution in [-0.4, -0.2) is 50.3 Å². The van der Waals surface area contributed by atoms with Gasteiger partial charge in [0.2, 0.25) is 5.91 Å². The molecule has 5 nitrogen and oxygen atoms in total. The van der Waals surface area contributed by atoms with E-state index in [4.69, 9.17) is 14.6 Å². The average Bonchev–Trinajstić information content (AvgIpc) is 2.43. The van der Waals surface area contributed by atoms with E-state index in [2.05, 4.69) is 0 Å². The number of methoxy groups -OCH3 is 2. The van der Waals surface area contributed by atoms with Crippen LogP contribution >= 0.6 is 0 Å². The molecule has 0 aliphatic carbocycles. The fourth-order valence-corrected chi connectivity index (χ4v) is 1.59. The maximum absolute atomic E-state index is 11.2. The van der Waals surface area contributed by atoms with Gasteiger partial charge in [-0.2, -0.15) is 0 Å². The average molecular weight is 253 g/mol. The van der Waals surface area contributed by atoms with E-state index in [1.54, 1.807) is 21.3 Å². The predicted molar refractivity (Wildman–Crippen MR) is 68.0 cm³/mol. The van der Waals surface area contributed by atoms with Crippen LogP contribution in [0.4, 0.5) is 0 Å². The second-order valence-electron chi connectivity index (χ2n) is 3.90. The standard InChI is InChI=1S/C13H19NO4/c1-14(13(16)9-15)7-6-10-4-5-11(17-2)8-12(10)18-3/h4-5,8,15H,6-7,9H2,1-3H3. The van der Waals surface area contributed by atoms with Crippen molar-refractivity contribution in [2.24, 2.45) is 0 Å². The minimum Gasteiger partial charge on any atom is -0.497 e. The van der Waals surface area contributed by atoms with Crippen molar-refractivity contribution in [3.8, 4) is 11.5 Å². The number of carbonyl (C=O) groups excluding carboxylic acids is 1. The van der Waals surface area contributed by atoms with E-state index in [0.717, 1.165) is 17.1 Å². The van der Waals surface area contributed by atoms with Crippen LogP contribution in [-0.2, 0) is 11.2 Å². The normalized spacial score (nSPS) is 10.0. The van der Waals surface area contributed by atoms with Crippen LogP contribution < -0.4 is 9.47 Å². The van der Waals surface area contributed by atoms with Crippen molar-refractivity contribution in [2.45, 2.75) is 6.42 Å². The molecule has 1 aromatic carbocycles. The minimum absolute atomic E-state index is 0.289. The van der Waals surface area contributed by atoms with Gasteiger partial charge in [-0.3, -0.25) is 4.79 Å². The summed E-state index contributed by atoms with van der Waals surface area (Å²) in [6.07, 6.45) is 0.662. The number of likely N-dealkylation sites (N-methyl/N-ethyl adjacent to an activating group) is 1. The first kappa shape index (κ1) is 14.3. The molecule has 1 aromatic rings. The van der Waals surface area contributed by atoms with Gasteiger partial charge in [-0.15, -0.1) is 0 Å². The summed E-state index contributed by atoms with van der Waals surface area (Å²) in [7, 11) is 4.86. The quantitative estimate of drug-likeness (QED) is 0.810. The molecule has 0 aromatic heterocycles. The van der Waals surface area contributed by atoms with Gasteiger partial charge in [-0.25, -0.2) is 0 Å². The third kappa shape index (κ3) is 3.63. The second-order valence-corrected chi connectivity index (χ2v) is 3.90. The van der Waals surface area contributed by atoms with E-state index in [1.165, 1.54) is 4.90 Å². The highest BCUT2D eigenvalue weighted by Crippen LogP contribution is 2.24. The Morgan fingerprint density at radius 1 is 1.33 bits per heavy atom. The Balaban J connectivity index is 2.69. The number of benzene rings is 1. The molecule has 0 aliphatic heterocycles. The third-order valence-corrected chi connectivity index (χ3v) is 2.77. The summed E-state index contributed by atoms with van der Waals surface area (Å²) in [6, 6.07) is 5.57. The number of hydrogen-bond acceptors (Lipinski definition) is 4. The smallest absolute Gasteiger partial charge is 0.248 e. The zero-order valence-corrected chi connectivity index (χ0v) is 11.0. The van der Waals surface area contributed by atoms with Crippen molar-refractivity contribution in [2.75, 3.05) is 34.4 Å². The van der Waals surface area contributed by atoms with E-state index in [1.807, 2.05) is 18.2 Å². The zero-order valence-electron chi connectivity index (χ0n) is 11.0. The van der Waals surface area contributed by atoms with Crippen LogP contribution in [0.15, 0.2) is 18.2 Å². The zero-order chi connectivity index (χ0) is 13.5. The van der Waals surface area contributed by atoms with Crippen LogP contribution in [0, 0.1) is 0 Å². The molecule has 18 heavy (non-hydrogen) atoms. The summed E-state index contributed by atoms with van der Waals surface area (Å²) in [5.41, 5.74) is 0.996. The molecule has 0 saturated heterocycles. The second kappa shape index (κ2) is 6.86. The highest BCUT2D eigenvalue weighted by molar-refractivity contribution is 5.76. The van der Waals surface area contributed by atoms with Gasteiger partial charge >= 0.3 is 0 Å². The molecule has 0 bridgehead atoms. The lowest BCUT2D eigenvalue weighted by atomic mass is 10.1. The van der Waals surface area contributed by atoms with E-state index in [0.29, 0.717) is 13.0 Å². The van der Waals surface area contributed by atoms with Crippen LogP contribution in [0.3, 0.4) is 0 Å². The van der Waals surface area contributed by atoms with Gasteiger partial charge < -0.3 is 19.5 Å². The van der Waals surface area contributed by atoms with Crippen molar-refractivity contribution >= 4 is 5.91 Å².